The highest BCUT2D eigenvalue weighted by molar-refractivity contribution is 6.00. The zero-order chi connectivity index (χ0) is 15.0. The molecule has 0 aliphatic rings. The Morgan fingerprint density at radius 2 is 1.52 bits per heavy atom. The van der Waals surface area contributed by atoms with Gasteiger partial charge in [0.1, 0.15) is 0 Å². The fourth-order valence-electron chi connectivity index (χ4n) is 2.02. The molecular formula is C15H8F4N2. The van der Waals surface area contributed by atoms with Gasteiger partial charge in [0.15, 0.2) is 23.3 Å². The smallest absolute Gasteiger partial charge is 0.199 e. The highest BCUT2D eigenvalue weighted by Gasteiger charge is 2.23. The molecule has 0 radical (unpaired) electrons. The molecule has 1 heterocycles. The molecule has 0 saturated heterocycles. The van der Waals surface area contributed by atoms with Gasteiger partial charge in [0, 0.05) is 18.0 Å². The minimum Gasteiger partial charge on any atom is -0.358 e. The number of aromatic amines is 1. The van der Waals surface area contributed by atoms with Gasteiger partial charge in [-0.05, 0) is 12.1 Å². The van der Waals surface area contributed by atoms with Crippen molar-refractivity contribution in [2.45, 2.75) is 0 Å². The number of nitrogens with zero attached hydrogens (tertiary/aromatic N) is 1. The summed E-state index contributed by atoms with van der Waals surface area (Å²) >= 11 is 0. The molecule has 2 nitrogen and oxygen atoms in total. The first-order chi connectivity index (χ1) is 10.1. The highest BCUT2D eigenvalue weighted by atomic mass is 19.2. The number of nitrogens with one attached hydrogen (secondary N) is 1. The summed E-state index contributed by atoms with van der Waals surface area (Å²) in [6.07, 6.45) is 2.50. The fraction of sp³-hybridized carbons (Fsp3) is 0. The zero-order valence-corrected chi connectivity index (χ0v) is 10.5. The average Bonchev–Trinajstić information content (AvgIpc) is 2.94. The van der Waals surface area contributed by atoms with Crippen LogP contribution in [0.2, 0.25) is 0 Å². The third-order valence-corrected chi connectivity index (χ3v) is 3.04. The fourth-order valence-corrected chi connectivity index (χ4v) is 2.02. The third-order valence-electron chi connectivity index (χ3n) is 3.04. The van der Waals surface area contributed by atoms with Crippen molar-refractivity contribution in [2.24, 2.45) is 4.99 Å². The SMILES string of the molecule is Fc1c(F)c(F)c2c(C=Nc3ccccc3)c[nH]c2c1F. The maximum absolute atomic E-state index is 13.8. The predicted molar refractivity (Wildman–Crippen MR) is 71.8 cm³/mol. The second-order valence-electron chi connectivity index (χ2n) is 4.34. The van der Waals surface area contributed by atoms with E-state index in [-0.39, 0.29) is 10.9 Å². The van der Waals surface area contributed by atoms with Crippen molar-refractivity contribution in [1.82, 2.24) is 4.98 Å². The number of rotatable bonds is 2. The minimum absolute atomic E-state index is 0.129. The molecule has 21 heavy (non-hydrogen) atoms. The van der Waals surface area contributed by atoms with Crippen molar-refractivity contribution in [1.29, 1.82) is 0 Å². The summed E-state index contributed by atoms with van der Waals surface area (Å²) < 4.78 is 53.8. The molecule has 0 amide bonds. The van der Waals surface area contributed by atoms with E-state index in [2.05, 4.69) is 9.98 Å². The molecule has 2 aromatic carbocycles. The lowest BCUT2D eigenvalue weighted by atomic mass is 10.1. The van der Waals surface area contributed by atoms with Gasteiger partial charge < -0.3 is 4.98 Å². The van der Waals surface area contributed by atoms with Crippen molar-refractivity contribution in [3.63, 3.8) is 0 Å². The Kier molecular flexibility index (Phi) is 3.21. The topological polar surface area (TPSA) is 28.1 Å². The molecule has 6 heteroatoms. The van der Waals surface area contributed by atoms with E-state index >= 15 is 0 Å². The Balaban J connectivity index is 2.15. The Morgan fingerprint density at radius 1 is 0.857 bits per heavy atom. The van der Waals surface area contributed by atoms with Crippen LogP contribution in [0.5, 0.6) is 0 Å². The van der Waals surface area contributed by atoms with Gasteiger partial charge in [-0.2, -0.15) is 0 Å². The Hall–Kier alpha value is -2.63. The van der Waals surface area contributed by atoms with Crippen LogP contribution in [-0.2, 0) is 0 Å². The molecule has 0 unspecified atom stereocenters. The Morgan fingerprint density at radius 3 is 2.24 bits per heavy atom. The molecule has 1 aromatic heterocycles. The van der Waals surface area contributed by atoms with E-state index in [0.29, 0.717) is 5.69 Å². The van der Waals surface area contributed by atoms with E-state index < -0.39 is 28.8 Å². The number of fused-ring (bicyclic) bond motifs is 1. The van der Waals surface area contributed by atoms with Gasteiger partial charge in [0.25, 0.3) is 0 Å². The molecule has 0 fully saturated rings. The summed E-state index contributed by atoms with van der Waals surface area (Å²) in [4.78, 5) is 6.46. The lowest BCUT2D eigenvalue weighted by Gasteiger charge is -2.01. The van der Waals surface area contributed by atoms with Gasteiger partial charge in [0.05, 0.1) is 16.6 Å². The monoisotopic (exact) mass is 292 g/mol. The number of H-pyrrole nitrogens is 1. The molecular weight excluding hydrogens is 284 g/mol. The number of halogens is 4. The number of hydrogen-bond donors (Lipinski definition) is 1. The van der Waals surface area contributed by atoms with Gasteiger partial charge in [0.2, 0.25) is 0 Å². The van der Waals surface area contributed by atoms with Crippen molar-refractivity contribution < 1.29 is 17.6 Å². The summed E-state index contributed by atoms with van der Waals surface area (Å²) in [5.41, 5.74) is 0.292. The molecule has 0 saturated carbocycles. The quantitative estimate of drug-likeness (QED) is 0.312. The van der Waals surface area contributed by atoms with Crippen molar-refractivity contribution in [2.75, 3.05) is 0 Å². The summed E-state index contributed by atoms with van der Waals surface area (Å²) in [7, 11) is 0. The maximum Gasteiger partial charge on any atom is 0.199 e. The van der Waals surface area contributed by atoms with Crippen molar-refractivity contribution >= 4 is 22.8 Å². The second-order valence-corrected chi connectivity index (χ2v) is 4.34. The molecule has 106 valence electrons. The van der Waals surface area contributed by atoms with Crippen LogP contribution in [0.25, 0.3) is 10.9 Å². The Labute approximate surface area is 116 Å². The van der Waals surface area contributed by atoms with Crippen LogP contribution in [0.1, 0.15) is 5.56 Å². The van der Waals surface area contributed by atoms with Crippen molar-refractivity contribution in [3.05, 3.63) is 65.4 Å². The van der Waals surface area contributed by atoms with E-state index in [4.69, 9.17) is 0 Å². The summed E-state index contributed by atoms with van der Waals surface area (Å²) in [5.74, 6) is -6.58. The summed E-state index contributed by atoms with van der Waals surface area (Å²) in [5, 5.41) is -0.369. The van der Waals surface area contributed by atoms with Crippen LogP contribution in [0.3, 0.4) is 0 Å². The first kappa shape index (κ1) is 13.4. The van der Waals surface area contributed by atoms with Gasteiger partial charge >= 0.3 is 0 Å². The van der Waals surface area contributed by atoms with E-state index in [0.717, 1.165) is 0 Å². The summed E-state index contributed by atoms with van der Waals surface area (Å²) in [6.45, 7) is 0. The lowest BCUT2D eigenvalue weighted by molar-refractivity contribution is 0.417. The van der Waals surface area contributed by atoms with E-state index in [1.54, 1.807) is 30.3 Å². The van der Waals surface area contributed by atoms with Gasteiger partial charge in [-0.3, -0.25) is 4.99 Å². The van der Waals surface area contributed by atoms with Gasteiger partial charge in [-0.25, -0.2) is 17.6 Å². The van der Waals surface area contributed by atoms with Crippen LogP contribution < -0.4 is 0 Å². The van der Waals surface area contributed by atoms with E-state index in [1.165, 1.54) is 12.4 Å². The van der Waals surface area contributed by atoms with Gasteiger partial charge in [-0.1, -0.05) is 18.2 Å². The standard InChI is InChI=1S/C15H8F4N2/c16-11-10-8(6-20-9-4-2-1-3-5-9)7-21-15(10)14(19)13(18)12(11)17/h1-7,21H. The molecule has 0 bridgehead atoms. The third kappa shape index (κ3) is 2.18. The van der Waals surface area contributed by atoms with E-state index in [9.17, 15) is 17.6 Å². The molecule has 0 aliphatic heterocycles. The normalized spacial score (nSPS) is 11.6. The molecule has 3 aromatic rings. The van der Waals surface area contributed by atoms with Crippen molar-refractivity contribution in [3.8, 4) is 0 Å². The van der Waals surface area contributed by atoms with Crippen LogP contribution in [0.15, 0.2) is 41.5 Å². The molecule has 3 rings (SSSR count). The molecule has 1 N–H and O–H groups in total. The number of aromatic nitrogens is 1. The van der Waals surface area contributed by atoms with Crippen LogP contribution in [-0.4, -0.2) is 11.2 Å². The average molecular weight is 292 g/mol. The molecule has 0 atom stereocenters. The number of hydrogen-bond acceptors (Lipinski definition) is 1. The second kappa shape index (κ2) is 5.05. The first-order valence-corrected chi connectivity index (χ1v) is 6.01. The predicted octanol–water partition coefficient (Wildman–Crippen LogP) is 4.47. The van der Waals surface area contributed by atoms with E-state index in [1.807, 2.05) is 0 Å². The highest BCUT2D eigenvalue weighted by Crippen LogP contribution is 2.28. The number of benzene rings is 2. The zero-order valence-electron chi connectivity index (χ0n) is 10.5. The minimum atomic E-state index is -1.84. The number of para-hydroxylation sites is 1. The summed E-state index contributed by atoms with van der Waals surface area (Å²) in [6, 6.07) is 8.75. The van der Waals surface area contributed by atoms with Crippen LogP contribution >= 0.6 is 0 Å². The lowest BCUT2D eigenvalue weighted by Crippen LogP contribution is -1.97. The largest absolute Gasteiger partial charge is 0.358 e. The van der Waals surface area contributed by atoms with Gasteiger partial charge in [-0.15, -0.1) is 0 Å². The molecule has 0 aliphatic carbocycles. The first-order valence-electron chi connectivity index (χ1n) is 6.01. The Bertz CT molecular complexity index is 838. The van der Waals surface area contributed by atoms with Crippen LogP contribution in [0.4, 0.5) is 23.2 Å². The number of aliphatic imine (C=N–C) groups is 1. The molecule has 0 spiro atoms. The van der Waals surface area contributed by atoms with Crippen LogP contribution in [0, 0.1) is 23.3 Å². The maximum atomic E-state index is 13.8.